The first-order chi connectivity index (χ1) is 7.42. The van der Waals surface area contributed by atoms with Crippen LogP contribution in [-0.4, -0.2) is 31.2 Å². The zero-order chi connectivity index (χ0) is 12.2. The van der Waals surface area contributed by atoms with Gasteiger partial charge in [-0.3, -0.25) is 4.98 Å². The van der Waals surface area contributed by atoms with Gasteiger partial charge in [-0.05, 0) is 19.4 Å². The highest BCUT2D eigenvalue weighted by molar-refractivity contribution is 7.89. The van der Waals surface area contributed by atoms with Gasteiger partial charge >= 0.3 is 0 Å². The Hall–Kier alpha value is -1.05. The van der Waals surface area contributed by atoms with Crippen molar-refractivity contribution in [2.75, 3.05) is 6.54 Å². The second-order valence-electron chi connectivity index (χ2n) is 3.37. The number of rotatable bonds is 5. The first-order valence-corrected chi connectivity index (χ1v) is 6.18. The minimum atomic E-state index is -3.74. The molecule has 16 heavy (non-hydrogen) atoms. The minimum Gasteiger partial charge on any atom is -0.393 e. The maximum atomic E-state index is 12.8. The van der Waals surface area contributed by atoms with Crippen LogP contribution >= 0.6 is 0 Å². The average Bonchev–Trinajstić information content (AvgIpc) is 2.16. The predicted molar refractivity (Wildman–Crippen MR) is 55.7 cm³/mol. The van der Waals surface area contributed by atoms with Gasteiger partial charge in [-0.1, -0.05) is 0 Å². The van der Waals surface area contributed by atoms with Crippen LogP contribution in [0.2, 0.25) is 0 Å². The summed E-state index contributed by atoms with van der Waals surface area (Å²) < 4.78 is 38.1. The highest BCUT2D eigenvalue weighted by atomic mass is 32.2. The van der Waals surface area contributed by atoms with Crippen molar-refractivity contribution in [2.24, 2.45) is 0 Å². The molecule has 2 N–H and O–H groups in total. The summed E-state index contributed by atoms with van der Waals surface area (Å²) in [6.45, 7) is 1.65. The number of nitrogens with zero attached hydrogens (tertiary/aromatic N) is 1. The monoisotopic (exact) mass is 248 g/mol. The van der Waals surface area contributed by atoms with E-state index in [0.29, 0.717) is 6.42 Å². The molecule has 0 aliphatic heterocycles. The van der Waals surface area contributed by atoms with Crippen LogP contribution in [0.3, 0.4) is 0 Å². The van der Waals surface area contributed by atoms with Gasteiger partial charge in [0.05, 0.1) is 12.3 Å². The molecule has 1 atom stereocenters. The summed E-state index contributed by atoms with van der Waals surface area (Å²) in [6, 6.07) is 0.887. The van der Waals surface area contributed by atoms with Gasteiger partial charge in [0.25, 0.3) is 0 Å². The predicted octanol–water partition coefficient (Wildman–Crippen LogP) is 0.270. The summed E-state index contributed by atoms with van der Waals surface area (Å²) in [5, 5.41) is 8.96. The molecule has 1 heterocycles. The summed E-state index contributed by atoms with van der Waals surface area (Å²) in [7, 11) is -3.74. The molecule has 0 aliphatic rings. The smallest absolute Gasteiger partial charge is 0.242 e. The lowest BCUT2D eigenvalue weighted by atomic mass is 10.3. The largest absolute Gasteiger partial charge is 0.393 e. The molecule has 0 saturated heterocycles. The van der Waals surface area contributed by atoms with Gasteiger partial charge in [0.1, 0.15) is 10.7 Å². The molecule has 0 bridgehead atoms. The van der Waals surface area contributed by atoms with E-state index in [-0.39, 0.29) is 11.4 Å². The Labute approximate surface area is 93.4 Å². The Balaban J connectivity index is 2.71. The molecular weight excluding hydrogens is 235 g/mol. The number of aromatic nitrogens is 1. The first-order valence-electron chi connectivity index (χ1n) is 4.70. The van der Waals surface area contributed by atoms with Crippen LogP contribution in [0.5, 0.6) is 0 Å². The Kier molecular flexibility index (Phi) is 4.34. The van der Waals surface area contributed by atoms with Crippen molar-refractivity contribution < 1.29 is 17.9 Å². The number of nitrogens with one attached hydrogen (secondary N) is 1. The average molecular weight is 248 g/mol. The summed E-state index contributed by atoms with van der Waals surface area (Å²) >= 11 is 0. The molecule has 1 aromatic heterocycles. The fourth-order valence-corrected chi connectivity index (χ4v) is 2.05. The lowest BCUT2D eigenvalue weighted by Gasteiger charge is -2.07. The minimum absolute atomic E-state index is 0.0938. The van der Waals surface area contributed by atoms with Gasteiger partial charge in [0.15, 0.2) is 0 Å². The zero-order valence-electron chi connectivity index (χ0n) is 8.72. The molecule has 0 aliphatic carbocycles. The highest BCUT2D eigenvalue weighted by Crippen LogP contribution is 2.08. The first kappa shape index (κ1) is 13.0. The SMILES string of the molecule is CC(O)CCNS(=O)(=O)c1cncc(F)c1. The summed E-state index contributed by atoms with van der Waals surface area (Å²) in [5.74, 6) is -0.710. The second-order valence-corrected chi connectivity index (χ2v) is 5.14. The molecule has 7 heteroatoms. The molecule has 0 aromatic carbocycles. The maximum Gasteiger partial charge on any atom is 0.242 e. The number of aliphatic hydroxyl groups is 1. The third kappa shape index (κ3) is 3.84. The topological polar surface area (TPSA) is 79.3 Å². The van der Waals surface area contributed by atoms with Crippen molar-refractivity contribution in [3.05, 3.63) is 24.3 Å². The lowest BCUT2D eigenvalue weighted by molar-refractivity contribution is 0.186. The highest BCUT2D eigenvalue weighted by Gasteiger charge is 2.14. The molecular formula is C9H13FN2O3S. The van der Waals surface area contributed by atoms with E-state index in [1.165, 1.54) is 0 Å². The Morgan fingerprint density at radius 1 is 1.56 bits per heavy atom. The fourth-order valence-electron chi connectivity index (χ4n) is 1.02. The van der Waals surface area contributed by atoms with Gasteiger partial charge in [-0.25, -0.2) is 17.5 Å². The van der Waals surface area contributed by atoms with Crippen LogP contribution in [0.4, 0.5) is 4.39 Å². The van der Waals surface area contributed by atoms with Gasteiger partial charge in [-0.15, -0.1) is 0 Å². The molecule has 0 fully saturated rings. The van der Waals surface area contributed by atoms with Crippen LogP contribution in [0.25, 0.3) is 0 Å². The van der Waals surface area contributed by atoms with E-state index in [9.17, 15) is 12.8 Å². The number of pyridine rings is 1. The summed E-state index contributed by atoms with van der Waals surface area (Å²) in [4.78, 5) is 3.23. The third-order valence-electron chi connectivity index (χ3n) is 1.84. The molecule has 90 valence electrons. The van der Waals surface area contributed by atoms with E-state index in [1.807, 2.05) is 0 Å². The number of sulfonamides is 1. The number of aliphatic hydroxyl groups excluding tert-OH is 1. The number of hydrogen-bond acceptors (Lipinski definition) is 4. The van der Waals surface area contributed by atoms with Gasteiger partial charge in [-0.2, -0.15) is 0 Å². The molecule has 0 amide bonds. The fraction of sp³-hybridized carbons (Fsp3) is 0.444. The van der Waals surface area contributed by atoms with Crippen molar-refractivity contribution in [1.29, 1.82) is 0 Å². The second kappa shape index (κ2) is 5.33. The van der Waals surface area contributed by atoms with Crippen molar-refractivity contribution in [1.82, 2.24) is 9.71 Å². The quantitative estimate of drug-likeness (QED) is 0.784. The van der Waals surface area contributed by atoms with Gasteiger partial charge in [0, 0.05) is 12.7 Å². The molecule has 5 nitrogen and oxygen atoms in total. The van der Waals surface area contributed by atoms with Crippen molar-refractivity contribution in [2.45, 2.75) is 24.3 Å². The van der Waals surface area contributed by atoms with Crippen molar-refractivity contribution in [3.63, 3.8) is 0 Å². The van der Waals surface area contributed by atoms with Crippen molar-refractivity contribution >= 4 is 10.0 Å². The van der Waals surface area contributed by atoms with Gasteiger partial charge < -0.3 is 5.11 Å². The number of halogens is 1. The summed E-state index contributed by atoms with van der Waals surface area (Å²) in [5.41, 5.74) is 0. The van der Waals surface area contributed by atoms with Crippen LogP contribution < -0.4 is 4.72 Å². The molecule has 1 aromatic rings. The third-order valence-corrected chi connectivity index (χ3v) is 3.27. The molecule has 1 rings (SSSR count). The van der Waals surface area contributed by atoms with E-state index in [0.717, 1.165) is 18.5 Å². The lowest BCUT2D eigenvalue weighted by Crippen LogP contribution is -2.26. The van der Waals surface area contributed by atoms with E-state index in [1.54, 1.807) is 6.92 Å². The zero-order valence-corrected chi connectivity index (χ0v) is 9.54. The Bertz CT molecular complexity index is 448. The van der Waals surface area contributed by atoms with E-state index in [2.05, 4.69) is 9.71 Å². The number of hydrogen-bond donors (Lipinski definition) is 2. The normalized spacial score (nSPS) is 13.7. The van der Waals surface area contributed by atoms with Crippen LogP contribution in [-0.2, 0) is 10.0 Å². The van der Waals surface area contributed by atoms with E-state index in [4.69, 9.17) is 5.11 Å². The van der Waals surface area contributed by atoms with E-state index >= 15 is 0 Å². The summed E-state index contributed by atoms with van der Waals surface area (Å²) in [6.07, 6.45) is 1.69. The molecule has 1 unspecified atom stereocenters. The van der Waals surface area contributed by atoms with Crippen molar-refractivity contribution in [3.8, 4) is 0 Å². The molecule has 0 spiro atoms. The Morgan fingerprint density at radius 2 is 2.25 bits per heavy atom. The van der Waals surface area contributed by atoms with Gasteiger partial charge in [0.2, 0.25) is 10.0 Å². The molecule has 0 saturated carbocycles. The van der Waals surface area contributed by atoms with E-state index < -0.39 is 21.9 Å². The van der Waals surface area contributed by atoms with Crippen LogP contribution in [0.1, 0.15) is 13.3 Å². The van der Waals surface area contributed by atoms with Crippen LogP contribution in [0, 0.1) is 5.82 Å². The Morgan fingerprint density at radius 3 is 2.81 bits per heavy atom. The molecule has 0 radical (unpaired) electrons. The van der Waals surface area contributed by atoms with Crippen LogP contribution in [0.15, 0.2) is 23.4 Å². The maximum absolute atomic E-state index is 12.8. The standard InChI is InChI=1S/C9H13FN2O3S/c1-7(13)2-3-12-16(14,15)9-4-8(10)5-11-6-9/h4-7,12-13H,2-3H2,1H3.